The molecule has 0 fully saturated rings. The maximum absolute atomic E-state index is 10.7. The molecule has 0 saturated carbocycles. The molecule has 0 heterocycles. The fourth-order valence-electron chi connectivity index (χ4n) is 3.01. The standard InChI is InChI=1S/C21H43NO3S.Na.H/c1-3-4-5-6-7-8-9-10-11-12-13-14-15-16-17-18-19-22(2)20-21-26(23,24)25;;/h10-11H,3-9,12-21H2,1-2H3,(H,23,24,25);;/q;+1;-1/b11-10-;;. The van der Waals surface area contributed by atoms with Gasteiger partial charge in [0.05, 0.1) is 5.75 Å². The normalized spacial score (nSPS) is 12.0. The Balaban J connectivity index is -0.00000312. The summed E-state index contributed by atoms with van der Waals surface area (Å²) in [6, 6.07) is 0. The molecule has 0 rings (SSSR count). The van der Waals surface area contributed by atoms with Gasteiger partial charge in [-0.05, 0) is 45.7 Å². The quantitative estimate of drug-likeness (QED) is 0.153. The number of allylic oxidation sites excluding steroid dienone is 2. The summed E-state index contributed by atoms with van der Waals surface area (Å²) in [5, 5.41) is 0. The average Bonchev–Trinajstić information content (AvgIpc) is 2.59. The van der Waals surface area contributed by atoms with Crippen molar-refractivity contribution in [3.63, 3.8) is 0 Å². The van der Waals surface area contributed by atoms with Crippen molar-refractivity contribution < 1.29 is 44.0 Å². The first-order valence-corrected chi connectivity index (χ1v) is 12.4. The van der Waals surface area contributed by atoms with Gasteiger partial charge in [-0.2, -0.15) is 8.42 Å². The minimum atomic E-state index is -3.83. The van der Waals surface area contributed by atoms with Gasteiger partial charge in [0.2, 0.25) is 0 Å². The molecule has 6 heteroatoms. The van der Waals surface area contributed by atoms with Gasteiger partial charge in [-0.1, -0.05) is 76.9 Å². The number of hydrogen-bond acceptors (Lipinski definition) is 3. The van der Waals surface area contributed by atoms with Gasteiger partial charge in [0.1, 0.15) is 0 Å². The molecule has 0 aromatic rings. The van der Waals surface area contributed by atoms with Crippen LogP contribution < -0.4 is 29.6 Å². The Kier molecular flexibility index (Phi) is 23.5. The molecule has 0 unspecified atom stereocenters. The van der Waals surface area contributed by atoms with Gasteiger partial charge < -0.3 is 6.33 Å². The molecule has 0 aromatic heterocycles. The Morgan fingerprint density at radius 1 is 0.778 bits per heavy atom. The summed E-state index contributed by atoms with van der Waals surface area (Å²) in [5.41, 5.74) is 0. The Hall–Kier alpha value is 0.610. The smallest absolute Gasteiger partial charge is 1.00 e. The SMILES string of the molecule is CCCCCCCC/C=C\CCCCCCCCN(C)CCS(=O)(=O)O.[H-].[Na+]. The monoisotopic (exact) mass is 413 g/mol. The van der Waals surface area contributed by atoms with Gasteiger partial charge in [0, 0.05) is 6.54 Å². The Morgan fingerprint density at radius 2 is 1.22 bits per heavy atom. The average molecular weight is 414 g/mol. The number of unbranched alkanes of at least 4 members (excludes halogenated alkanes) is 12. The summed E-state index contributed by atoms with van der Waals surface area (Å²) in [7, 11) is -1.92. The zero-order chi connectivity index (χ0) is 19.5. The van der Waals surface area contributed by atoms with Crippen LogP contribution in [0.2, 0.25) is 0 Å². The van der Waals surface area contributed by atoms with E-state index in [0.29, 0.717) is 6.54 Å². The minimum Gasteiger partial charge on any atom is -1.00 e. The van der Waals surface area contributed by atoms with Gasteiger partial charge in [0.25, 0.3) is 10.1 Å². The third kappa shape index (κ3) is 26.6. The molecule has 0 aliphatic heterocycles. The summed E-state index contributed by atoms with van der Waals surface area (Å²) >= 11 is 0. The van der Waals surface area contributed by atoms with Gasteiger partial charge in [-0.15, -0.1) is 0 Å². The molecule has 1 N–H and O–H groups in total. The molecule has 0 aliphatic rings. The maximum Gasteiger partial charge on any atom is 1.00 e. The van der Waals surface area contributed by atoms with Crippen LogP contribution in [0.15, 0.2) is 12.2 Å². The molecule has 0 aliphatic carbocycles. The summed E-state index contributed by atoms with van der Waals surface area (Å²) in [6.07, 6.45) is 22.9. The van der Waals surface area contributed by atoms with Crippen LogP contribution in [-0.4, -0.2) is 43.8 Å². The minimum absolute atomic E-state index is 0. The molecule has 0 aromatic carbocycles. The Morgan fingerprint density at radius 3 is 1.70 bits per heavy atom. The van der Waals surface area contributed by atoms with E-state index in [2.05, 4.69) is 19.1 Å². The second-order valence-corrected chi connectivity index (χ2v) is 9.10. The fraction of sp³-hybridized carbons (Fsp3) is 0.905. The molecular formula is C21H44NNaO3S. The van der Waals surface area contributed by atoms with E-state index in [1.807, 2.05) is 11.9 Å². The van der Waals surface area contributed by atoms with E-state index < -0.39 is 10.1 Å². The van der Waals surface area contributed by atoms with Crippen LogP contribution in [0, 0.1) is 0 Å². The van der Waals surface area contributed by atoms with Crippen molar-refractivity contribution in [3.05, 3.63) is 12.2 Å². The molecule has 0 amide bonds. The van der Waals surface area contributed by atoms with Gasteiger partial charge in [-0.3, -0.25) is 4.55 Å². The molecule has 0 atom stereocenters. The number of nitrogens with zero attached hydrogens (tertiary/aromatic N) is 1. The molecule has 0 bridgehead atoms. The van der Waals surface area contributed by atoms with Crippen LogP contribution in [0.1, 0.15) is 98.2 Å². The van der Waals surface area contributed by atoms with Gasteiger partial charge in [0.15, 0.2) is 0 Å². The van der Waals surface area contributed by atoms with Crippen LogP contribution in [0.3, 0.4) is 0 Å². The van der Waals surface area contributed by atoms with Crippen LogP contribution >= 0.6 is 0 Å². The third-order valence-electron chi connectivity index (χ3n) is 4.78. The maximum atomic E-state index is 10.7. The molecule has 27 heavy (non-hydrogen) atoms. The predicted octanol–water partition coefficient (Wildman–Crippen LogP) is 2.96. The molecular weight excluding hydrogens is 369 g/mol. The third-order valence-corrected chi connectivity index (χ3v) is 5.48. The van der Waals surface area contributed by atoms with Crippen molar-refractivity contribution in [2.45, 2.75) is 96.8 Å². The van der Waals surface area contributed by atoms with Crippen molar-refractivity contribution in [2.75, 3.05) is 25.9 Å². The molecule has 0 radical (unpaired) electrons. The first kappa shape index (κ1) is 29.8. The van der Waals surface area contributed by atoms with E-state index in [-0.39, 0.29) is 36.7 Å². The van der Waals surface area contributed by atoms with Crippen molar-refractivity contribution in [2.24, 2.45) is 0 Å². The van der Waals surface area contributed by atoms with Gasteiger partial charge >= 0.3 is 29.6 Å². The second kappa shape index (κ2) is 21.3. The van der Waals surface area contributed by atoms with Crippen LogP contribution in [0.5, 0.6) is 0 Å². The van der Waals surface area contributed by atoms with E-state index in [4.69, 9.17) is 4.55 Å². The zero-order valence-electron chi connectivity index (χ0n) is 19.3. The summed E-state index contributed by atoms with van der Waals surface area (Å²) in [5.74, 6) is -0.171. The van der Waals surface area contributed by atoms with E-state index in [9.17, 15) is 8.42 Å². The van der Waals surface area contributed by atoms with Crippen molar-refractivity contribution in [3.8, 4) is 0 Å². The topological polar surface area (TPSA) is 57.6 Å². The van der Waals surface area contributed by atoms with E-state index in [1.54, 1.807) is 0 Å². The molecule has 0 saturated heterocycles. The second-order valence-electron chi connectivity index (χ2n) is 7.53. The summed E-state index contributed by atoms with van der Waals surface area (Å²) in [4.78, 5) is 1.97. The Bertz CT molecular complexity index is 433. The molecule has 4 nitrogen and oxygen atoms in total. The van der Waals surface area contributed by atoms with E-state index >= 15 is 0 Å². The van der Waals surface area contributed by atoms with Gasteiger partial charge in [-0.25, -0.2) is 0 Å². The summed E-state index contributed by atoms with van der Waals surface area (Å²) in [6.45, 7) is 3.57. The van der Waals surface area contributed by atoms with E-state index in [1.165, 1.54) is 83.5 Å². The Labute approximate surface area is 193 Å². The predicted molar refractivity (Wildman–Crippen MR) is 114 cm³/mol. The largest absolute Gasteiger partial charge is 1.00 e. The zero-order valence-corrected chi connectivity index (χ0v) is 21.1. The summed E-state index contributed by atoms with van der Waals surface area (Å²) < 4.78 is 30.1. The molecule has 0 spiro atoms. The van der Waals surface area contributed by atoms with Crippen molar-refractivity contribution in [1.82, 2.24) is 4.90 Å². The van der Waals surface area contributed by atoms with E-state index in [0.717, 1.165) is 13.0 Å². The van der Waals surface area contributed by atoms with Crippen LogP contribution in [-0.2, 0) is 10.1 Å². The van der Waals surface area contributed by atoms with Crippen molar-refractivity contribution >= 4 is 10.1 Å². The van der Waals surface area contributed by atoms with Crippen molar-refractivity contribution in [1.29, 1.82) is 0 Å². The number of rotatable bonds is 19. The first-order valence-electron chi connectivity index (χ1n) is 10.7. The first-order chi connectivity index (χ1) is 12.5. The van der Waals surface area contributed by atoms with Crippen LogP contribution in [0.25, 0.3) is 0 Å². The fourth-order valence-corrected chi connectivity index (χ4v) is 3.55. The van der Waals surface area contributed by atoms with Crippen LogP contribution in [0.4, 0.5) is 0 Å². The molecule has 158 valence electrons. The number of hydrogen-bond donors (Lipinski definition) is 1.